The van der Waals surface area contributed by atoms with Crippen LogP contribution in [0.25, 0.3) is 11.0 Å². The van der Waals surface area contributed by atoms with Crippen molar-refractivity contribution in [3.05, 3.63) is 58.4 Å². The fourth-order valence-corrected chi connectivity index (χ4v) is 4.58. The number of fused-ring (bicyclic) bond motifs is 1. The summed E-state index contributed by atoms with van der Waals surface area (Å²) in [7, 11) is -2.81. The van der Waals surface area contributed by atoms with Crippen LogP contribution in [-0.4, -0.2) is 30.5 Å². The van der Waals surface area contributed by atoms with Crippen molar-refractivity contribution >= 4 is 38.6 Å². The smallest absolute Gasteiger partial charge is 0.310 e. The Hall–Kier alpha value is -2.89. The number of carbonyl (C=O) groups excluding carboxylic acids is 1. The third-order valence-electron chi connectivity index (χ3n) is 4.19. The van der Waals surface area contributed by atoms with E-state index in [2.05, 4.69) is 4.98 Å². The molecule has 0 fully saturated rings. The second kappa shape index (κ2) is 7.02. The van der Waals surface area contributed by atoms with Crippen LogP contribution in [0, 0.1) is 18.3 Å². The number of benzene rings is 1. The first-order chi connectivity index (χ1) is 12.8. The topological polar surface area (TPSA) is 102 Å². The molecule has 0 amide bonds. The molecule has 3 aromatic rings. The first-order valence-electron chi connectivity index (χ1n) is 7.78. The molecule has 1 aromatic carbocycles. The molecule has 0 aliphatic carbocycles. The summed E-state index contributed by atoms with van der Waals surface area (Å²) in [6, 6.07) is 9.12. The molecule has 0 saturated carbocycles. The number of esters is 1. The van der Waals surface area contributed by atoms with Gasteiger partial charge in [0.1, 0.15) is 6.07 Å². The van der Waals surface area contributed by atoms with Gasteiger partial charge in [-0.25, -0.2) is 17.4 Å². The summed E-state index contributed by atoms with van der Waals surface area (Å²) in [6.45, 7) is 1.60. The Balaban J connectivity index is 2.29. The minimum Gasteiger partial charge on any atom is -0.469 e. The van der Waals surface area contributed by atoms with E-state index >= 15 is 0 Å². The lowest BCUT2D eigenvalue weighted by Crippen LogP contribution is -2.16. The Kier molecular flexibility index (Phi) is 4.91. The van der Waals surface area contributed by atoms with Crippen molar-refractivity contribution in [1.82, 2.24) is 8.96 Å². The molecule has 9 heteroatoms. The number of pyridine rings is 1. The monoisotopic (exact) mass is 403 g/mol. The van der Waals surface area contributed by atoms with E-state index in [1.165, 1.54) is 31.5 Å². The van der Waals surface area contributed by atoms with Gasteiger partial charge >= 0.3 is 5.97 Å². The summed E-state index contributed by atoms with van der Waals surface area (Å²) in [6.07, 6.45) is 1.38. The van der Waals surface area contributed by atoms with Crippen molar-refractivity contribution in [2.24, 2.45) is 0 Å². The van der Waals surface area contributed by atoms with Gasteiger partial charge in [0.2, 0.25) is 0 Å². The van der Waals surface area contributed by atoms with Crippen molar-refractivity contribution in [3.63, 3.8) is 0 Å². The zero-order chi connectivity index (χ0) is 19.8. The van der Waals surface area contributed by atoms with Gasteiger partial charge in [-0.05, 0) is 42.8 Å². The van der Waals surface area contributed by atoms with Crippen LogP contribution >= 0.6 is 11.6 Å². The Labute approximate surface area is 160 Å². The second-order valence-corrected chi connectivity index (χ2v) is 7.91. The molecule has 0 aliphatic heterocycles. The van der Waals surface area contributed by atoms with Gasteiger partial charge < -0.3 is 4.74 Å². The Bertz CT molecular complexity index is 1210. The van der Waals surface area contributed by atoms with Crippen LogP contribution in [0.5, 0.6) is 0 Å². The van der Waals surface area contributed by atoms with Gasteiger partial charge in [0.25, 0.3) is 10.0 Å². The lowest BCUT2D eigenvalue weighted by atomic mass is 10.1. The fourth-order valence-electron chi connectivity index (χ4n) is 2.86. The highest BCUT2D eigenvalue weighted by atomic mass is 35.5. The number of carbonyl (C=O) groups is 1. The van der Waals surface area contributed by atoms with E-state index in [1.54, 1.807) is 19.1 Å². The summed E-state index contributed by atoms with van der Waals surface area (Å²) in [5.41, 5.74) is 1.11. The van der Waals surface area contributed by atoms with Crippen molar-refractivity contribution < 1.29 is 17.9 Å². The maximum absolute atomic E-state index is 13.3. The van der Waals surface area contributed by atoms with Crippen LogP contribution in [0.15, 0.2) is 41.4 Å². The van der Waals surface area contributed by atoms with Crippen LogP contribution in [-0.2, 0) is 26.0 Å². The van der Waals surface area contributed by atoms with E-state index in [-0.39, 0.29) is 27.5 Å². The SMILES string of the molecule is COC(=O)Cc1c(C)n(S(=O)(=O)c2ccc(Cl)c(C#N)c2)c2ncccc12. The van der Waals surface area contributed by atoms with E-state index in [9.17, 15) is 13.2 Å². The molecule has 2 aromatic heterocycles. The predicted molar refractivity (Wildman–Crippen MR) is 98.9 cm³/mol. The number of nitrogens with zero attached hydrogens (tertiary/aromatic N) is 3. The molecule has 0 N–H and O–H groups in total. The van der Waals surface area contributed by atoms with Gasteiger partial charge in [-0.2, -0.15) is 5.26 Å². The van der Waals surface area contributed by atoms with E-state index in [0.29, 0.717) is 16.6 Å². The molecule has 0 unspecified atom stereocenters. The van der Waals surface area contributed by atoms with Crippen LogP contribution in [0.1, 0.15) is 16.8 Å². The zero-order valence-corrected chi connectivity index (χ0v) is 16.0. The molecule has 3 rings (SSSR count). The predicted octanol–water partition coefficient (Wildman–Crippen LogP) is 2.82. The highest BCUT2D eigenvalue weighted by molar-refractivity contribution is 7.90. The third-order valence-corrected chi connectivity index (χ3v) is 6.30. The molecule has 0 spiro atoms. The Morgan fingerprint density at radius 1 is 1.37 bits per heavy atom. The number of ether oxygens (including phenoxy) is 1. The minimum absolute atomic E-state index is 0.0506. The van der Waals surface area contributed by atoms with Gasteiger partial charge in [-0.1, -0.05) is 11.6 Å². The molecule has 7 nitrogen and oxygen atoms in total. The molecule has 0 bridgehead atoms. The number of methoxy groups -OCH3 is 1. The quantitative estimate of drug-likeness (QED) is 0.620. The molecular weight excluding hydrogens is 390 g/mol. The number of hydrogen-bond acceptors (Lipinski definition) is 6. The van der Waals surface area contributed by atoms with Gasteiger partial charge in [0, 0.05) is 17.3 Å². The maximum Gasteiger partial charge on any atom is 0.310 e. The summed E-state index contributed by atoms with van der Waals surface area (Å²) in [5.74, 6) is -0.489. The third kappa shape index (κ3) is 3.16. The number of nitriles is 1. The van der Waals surface area contributed by atoms with Gasteiger partial charge in [0.05, 0.1) is 29.0 Å². The van der Waals surface area contributed by atoms with Crippen LogP contribution < -0.4 is 0 Å². The molecule has 0 radical (unpaired) electrons. The maximum atomic E-state index is 13.3. The lowest BCUT2D eigenvalue weighted by molar-refractivity contribution is -0.139. The number of hydrogen-bond donors (Lipinski definition) is 0. The van der Waals surface area contributed by atoms with Crippen LogP contribution in [0.3, 0.4) is 0 Å². The molecule has 0 saturated heterocycles. The van der Waals surface area contributed by atoms with Gasteiger partial charge in [-0.3, -0.25) is 4.79 Å². The fraction of sp³-hybridized carbons (Fsp3) is 0.167. The highest BCUT2D eigenvalue weighted by Crippen LogP contribution is 2.30. The molecular formula is C18H14ClN3O4S. The van der Waals surface area contributed by atoms with Gasteiger partial charge in [-0.15, -0.1) is 0 Å². The van der Waals surface area contributed by atoms with Gasteiger partial charge in [0.15, 0.2) is 5.65 Å². The largest absolute Gasteiger partial charge is 0.469 e. The summed E-state index contributed by atoms with van der Waals surface area (Å²) in [4.78, 5) is 15.9. The first kappa shape index (κ1) is 18.9. The number of rotatable bonds is 4. The molecule has 138 valence electrons. The van der Waals surface area contributed by atoms with E-state index in [1.807, 2.05) is 6.07 Å². The normalized spacial score (nSPS) is 11.3. The van der Waals surface area contributed by atoms with E-state index in [4.69, 9.17) is 21.6 Å². The summed E-state index contributed by atoms with van der Waals surface area (Å²) in [5, 5.41) is 9.84. The minimum atomic E-state index is -4.07. The highest BCUT2D eigenvalue weighted by Gasteiger charge is 2.27. The molecule has 27 heavy (non-hydrogen) atoms. The second-order valence-electron chi connectivity index (χ2n) is 5.71. The standard InChI is InChI=1S/C18H14ClN3O4S/c1-11-15(9-17(23)26-2)14-4-3-7-21-18(14)22(11)27(24,25)13-5-6-16(19)12(8-13)10-20/h3-8H,9H2,1-2H3. The average molecular weight is 404 g/mol. The lowest BCUT2D eigenvalue weighted by Gasteiger charge is -2.10. The first-order valence-corrected chi connectivity index (χ1v) is 9.60. The number of aromatic nitrogens is 2. The summed E-state index contributed by atoms with van der Waals surface area (Å²) < 4.78 is 32.3. The van der Waals surface area contributed by atoms with E-state index in [0.717, 1.165) is 3.97 Å². The van der Waals surface area contributed by atoms with Crippen LogP contribution in [0.2, 0.25) is 5.02 Å². The Morgan fingerprint density at radius 3 is 2.78 bits per heavy atom. The van der Waals surface area contributed by atoms with Crippen molar-refractivity contribution in [1.29, 1.82) is 5.26 Å². The summed E-state index contributed by atoms with van der Waals surface area (Å²) >= 11 is 5.91. The van der Waals surface area contributed by atoms with E-state index < -0.39 is 16.0 Å². The zero-order valence-electron chi connectivity index (χ0n) is 14.4. The van der Waals surface area contributed by atoms with Crippen molar-refractivity contribution in [2.75, 3.05) is 7.11 Å². The van der Waals surface area contributed by atoms with Crippen molar-refractivity contribution in [3.8, 4) is 6.07 Å². The Morgan fingerprint density at radius 2 is 2.11 bits per heavy atom. The molecule has 0 atom stereocenters. The van der Waals surface area contributed by atoms with Crippen LogP contribution in [0.4, 0.5) is 0 Å². The molecule has 2 heterocycles. The number of halogens is 1. The average Bonchev–Trinajstić information content (AvgIpc) is 2.94. The van der Waals surface area contributed by atoms with Crippen molar-refractivity contribution in [2.45, 2.75) is 18.2 Å². The molecule has 0 aliphatic rings.